The van der Waals surface area contributed by atoms with Gasteiger partial charge in [-0.1, -0.05) is 0 Å². The Bertz CT molecular complexity index is 1410. The van der Waals surface area contributed by atoms with E-state index in [0.29, 0.717) is 34.5 Å². The standard InChI is InChI=1S/C23H21FN8O4/c1-31(2)23-28-21(26-15-6-4-14(24)5-7-15)27-22(29-23)30-25-13-17-9-11-20(36-17)18-10-8-16(35-3)12-19(18)32(33)34/h4-13H,1-3H3,(H2,26,27,28,29,30). The maximum atomic E-state index is 13.2. The van der Waals surface area contributed by atoms with Gasteiger partial charge in [-0.3, -0.25) is 10.1 Å². The Hall–Kier alpha value is -5.07. The van der Waals surface area contributed by atoms with E-state index in [9.17, 15) is 14.5 Å². The minimum absolute atomic E-state index is 0.145. The number of hydrazone groups is 1. The summed E-state index contributed by atoms with van der Waals surface area (Å²) in [5.74, 6) is 1.38. The van der Waals surface area contributed by atoms with E-state index in [-0.39, 0.29) is 23.4 Å². The Morgan fingerprint density at radius 3 is 2.53 bits per heavy atom. The van der Waals surface area contributed by atoms with Crippen LogP contribution in [0.5, 0.6) is 5.75 Å². The number of rotatable bonds is 9. The first-order chi connectivity index (χ1) is 17.3. The van der Waals surface area contributed by atoms with Gasteiger partial charge in [-0.25, -0.2) is 9.82 Å². The molecule has 0 unspecified atom stereocenters. The first kappa shape index (κ1) is 24.1. The Labute approximate surface area is 204 Å². The number of nitrogens with one attached hydrogen (secondary N) is 2. The number of furan rings is 1. The van der Waals surface area contributed by atoms with Crippen molar-refractivity contribution in [3.8, 4) is 17.1 Å². The number of benzene rings is 2. The molecule has 0 amide bonds. The summed E-state index contributed by atoms with van der Waals surface area (Å²) in [6, 6.07) is 13.5. The van der Waals surface area contributed by atoms with Crippen molar-refractivity contribution >= 4 is 35.4 Å². The molecule has 2 aromatic heterocycles. The van der Waals surface area contributed by atoms with E-state index in [1.54, 1.807) is 55.4 Å². The van der Waals surface area contributed by atoms with Gasteiger partial charge in [0.1, 0.15) is 23.1 Å². The molecule has 2 aromatic carbocycles. The highest BCUT2D eigenvalue weighted by Gasteiger charge is 2.19. The van der Waals surface area contributed by atoms with Gasteiger partial charge in [0.2, 0.25) is 17.8 Å². The molecule has 0 aliphatic carbocycles. The van der Waals surface area contributed by atoms with Crippen molar-refractivity contribution < 1.29 is 18.5 Å². The minimum Gasteiger partial charge on any atom is -0.497 e. The van der Waals surface area contributed by atoms with Crippen molar-refractivity contribution in [2.24, 2.45) is 5.10 Å². The number of hydrogen-bond acceptors (Lipinski definition) is 11. The number of halogens is 1. The summed E-state index contributed by atoms with van der Waals surface area (Å²) in [6.45, 7) is 0. The zero-order chi connectivity index (χ0) is 25.7. The smallest absolute Gasteiger partial charge is 0.284 e. The van der Waals surface area contributed by atoms with E-state index in [2.05, 4.69) is 30.8 Å². The Balaban J connectivity index is 1.52. The Kier molecular flexibility index (Phi) is 6.99. The van der Waals surface area contributed by atoms with Crippen LogP contribution in [0.4, 0.5) is 33.6 Å². The van der Waals surface area contributed by atoms with Crippen molar-refractivity contribution in [3.05, 3.63) is 76.3 Å². The van der Waals surface area contributed by atoms with Crippen molar-refractivity contribution in [2.75, 3.05) is 36.8 Å². The lowest BCUT2D eigenvalue weighted by atomic mass is 10.1. The van der Waals surface area contributed by atoms with Crippen molar-refractivity contribution in [1.82, 2.24) is 15.0 Å². The maximum absolute atomic E-state index is 13.2. The van der Waals surface area contributed by atoms with E-state index < -0.39 is 4.92 Å². The SMILES string of the molecule is COc1ccc(-c2ccc(C=NNc3nc(Nc4ccc(F)cc4)nc(N(C)C)n3)o2)c([N+](=O)[O-])c1. The highest BCUT2D eigenvalue weighted by Crippen LogP contribution is 2.34. The van der Waals surface area contributed by atoms with Gasteiger partial charge in [-0.05, 0) is 48.5 Å². The lowest BCUT2D eigenvalue weighted by Crippen LogP contribution is -2.15. The van der Waals surface area contributed by atoms with Gasteiger partial charge >= 0.3 is 0 Å². The third kappa shape index (κ3) is 5.70. The molecule has 2 N–H and O–H groups in total. The van der Waals surface area contributed by atoms with Gasteiger partial charge < -0.3 is 19.4 Å². The van der Waals surface area contributed by atoms with E-state index in [4.69, 9.17) is 9.15 Å². The second-order valence-electron chi connectivity index (χ2n) is 7.52. The molecule has 0 bridgehead atoms. The van der Waals surface area contributed by atoms with Crippen LogP contribution < -0.4 is 20.4 Å². The number of nitro benzene ring substituents is 1. The van der Waals surface area contributed by atoms with Crippen LogP contribution in [-0.2, 0) is 0 Å². The largest absolute Gasteiger partial charge is 0.497 e. The molecule has 4 rings (SSSR count). The van der Waals surface area contributed by atoms with Crippen LogP contribution >= 0.6 is 0 Å². The van der Waals surface area contributed by atoms with Gasteiger partial charge in [0.05, 0.1) is 29.9 Å². The molecule has 2 heterocycles. The second kappa shape index (κ2) is 10.5. The summed E-state index contributed by atoms with van der Waals surface area (Å²) >= 11 is 0. The van der Waals surface area contributed by atoms with Crippen molar-refractivity contribution in [3.63, 3.8) is 0 Å². The molecule has 12 nitrogen and oxygen atoms in total. The van der Waals surface area contributed by atoms with E-state index in [1.165, 1.54) is 31.5 Å². The summed E-state index contributed by atoms with van der Waals surface area (Å²) in [4.78, 5) is 25.5. The van der Waals surface area contributed by atoms with E-state index in [1.807, 2.05) is 0 Å². The van der Waals surface area contributed by atoms with Crippen LogP contribution in [0.25, 0.3) is 11.3 Å². The van der Waals surface area contributed by atoms with Gasteiger partial charge in [-0.15, -0.1) is 0 Å². The van der Waals surface area contributed by atoms with Gasteiger partial charge in [-0.2, -0.15) is 20.1 Å². The van der Waals surface area contributed by atoms with E-state index in [0.717, 1.165) is 0 Å². The van der Waals surface area contributed by atoms with Crippen LogP contribution in [0.2, 0.25) is 0 Å². The lowest BCUT2D eigenvalue weighted by molar-refractivity contribution is -0.384. The average molecular weight is 492 g/mol. The quantitative estimate of drug-likeness (QED) is 0.195. The van der Waals surface area contributed by atoms with Crippen LogP contribution in [-0.4, -0.2) is 47.3 Å². The monoisotopic (exact) mass is 492 g/mol. The topological polar surface area (TPSA) is 144 Å². The zero-order valence-corrected chi connectivity index (χ0v) is 19.5. The van der Waals surface area contributed by atoms with E-state index >= 15 is 0 Å². The molecule has 0 saturated carbocycles. The third-order valence-corrected chi connectivity index (χ3v) is 4.77. The summed E-state index contributed by atoms with van der Waals surface area (Å²) < 4.78 is 23.9. The predicted molar refractivity (Wildman–Crippen MR) is 132 cm³/mol. The number of methoxy groups -OCH3 is 1. The summed E-state index contributed by atoms with van der Waals surface area (Å²) in [7, 11) is 4.97. The summed E-state index contributed by atoms with van der Waals surface area (Å²) in [5.41, 5.74) is 3.47. The zero-order valence-electron chi connectivity index (χ0n) is 19.5. The molecule has 0 atom stereocenters. The first-order valence-electron chi connectivity index (χ1n) is 10.5. The number of ether oxygens (including phenoxy) is 1. The number of hydrogen-bond donors (Lipinski definition) is 2. The molecule has 0 saturated heterocycles. The highest BCUT2D eigenvalue weighted by molar-refractivity contribution is 5.79. The van der Waals surface area contributed by atoms with Crippen LogP contribution in [0.3, 0.4) is 0 Å². The fourth-order valence-electron chi connectivity index (χ4n) is 3.05. The second-order valence-corrected chi connectivity index (χ2v) is 7.52. The minimum atomic E-state index is -0.504. The van der Waals surface area contributed by atoms with Gasteiger partial charge in [0, 0.05) is 19.8 Å². The molecular weight excluding hydrogens is 471 g/mol. The van der Waals surface area contributed by atoms with Crippen LogP contribution in [0, 0.1) is 15.9 Å². The average Bonchev–Trinajstić information content (AvgIpc) is 3.33. The molecule has 0 fully saturated rings. The number of nitrogens with zero attached hydrogens (tertiary/aromatic N) is 6. The van der Waals surface area contributed by atoms with Gasteiger partial charge in [0.25, 0.3) is 5.69 Å². The molecular formula is C23H21FN8O4. The normalized spacial score (nSPS) is 10.9. The van der Waals surface area contributed by atoms with Gasteiger partial charge in [0.15, 0.2) is 0 Å². The first-order valence-corrected chi connectivity index (χ1v) is 10.5. The summed E-state index contributed by atoms with van der Waals surface area (Å²) in [5, 5.41) is 18.5. The molecule has 184 valence electrons. The fourth-order valence-corrected chi connectivity index (χ4v) is 3.05. The molecule has 4 aromatic rings. The predicted octanol–water partition coefficient (Wildman–Crippen LogP) is 4.44. The van der Waals surface area contributed by atoms with Crippen LogP contribution in [0.15, 0.2) is 64.1 Å². The lowest BCUT2D eigenvalue weighted by Gasteiger charge is -2.13. The number of anilines is 4. The summed E-state index contributed by atoms with van der Waals surface area (Å²) in [6.07, 6.45) is 1.38. The fraction of sp³-hybridized carbons (Fsp3) is 0.130. The molecule has 0 spiro atoms. The van der Waals surface area contributed by atoms with Crippen molar-refractivity contribution in [1.29, 1.82) is 0 Å². The third-order valence-electron chi connectivity index (χ3n) is 4.77. The molecule has 13 heteroatoms. The number of aromatic nitrogens is 3. The van der Waals surface area contributed by atoms with Crippen LogP contribution in [0.1, 0.15) is 5.76 Å². The molecule has 0 aliphatic rings. The number of nitro groups is 1. The maximum Gasteiger partial charge on any atom is 0.284 e. The molecule has 0 radical (unpaired) electrons. The molecule has 0 aliphatic heterocycles. The Morgan fingerprint density at radius 2 is 1.83 bits per heavy atom. The Morgan fingerprint density at radius 1 is 1.08 bits per heavy atom. The highest BCUT2D eigenvalue weighted by atomic mass is 19.1. The molecule has 36 heavy (non-hydrogen) atoms. The van der Waals surface area contributed by atoms with Crippen molar-refractivity contribution in [2.45, 2.75) is 0 Å².